The minimum Gasteiger partial charge on any atom is -0.497 e. The Morgan fingerprint density at radius 1 is 1.50 bits per heavy atom. The topological polar surface area (TPSA) is 38.3 Å². The van der Waals surface area contributed by atoms with E-state index in [2.05, 4.69) is 0 Å². The first-order valence-electron chi connectivity index (χ1n) is 3.86. The van der Waals surface area contributed by atoms with Gasteiger partial charge in [-0.2, -0.15) is 8.78 Å². The van der Waals surface area contributed by atoms with Gasteiger partial charge in [-0.15, -0.1) is 0 Å². The van der Waals surface area contributed by atoms with Crippen LogP contribution in [0, 0.1) is 0 Å². The first kappa shape index (κ1) is 10.4. The van der Waals surface area contributed by atoms with E-state index >= 15 is 0 Å². The summed E-state index contributed by atoms with van der Waals surface area (Å²) in [7, 11) is 1.45. The number of carbonyl (C=O) groups is 1. The molecule has 0 atom stereocenters. The minimum atomic E-state index is -3.01. The van der Waals surface area contributed by atoms with Gasteiger partial charge in [0, 0.05) is 11.8 Å². The van der Waals surface area contributed by atoms with Crippen molar-refractivity contribution in [1.29, 1.82) is 0 Å². The van der Waals surface area contributed by atoms with Crippen molar-refractivity contribution in [2.45, 2.75) is 6.43 Å². The lowest BCUT2D eigenvalue weighted by Gasteiger charge is -2.05. The van der Waals surface area contributed by atoms with E-state index in [0.717, 1.165) is 0 Å². The quantitative estimate of drug-likeness (QED) is 0.811. The molecule has 1 N–H and O–H groups in total. The van der Waals surface area contributed by atoms with Crippen molar-refractivity contribution < 1.29 is 18.3 Å². The van der Waals surface area contributed by atoms with Gasteiger partial charge in [0.1, 0.15) is 5.75 Å². The lowest BCUT2D eigenvalue weighted by atomic mass is 10.3. The van der Waals surface area contributed by atoms with Gasteiger partial charge < -0.3 is 10.1 Å². The number of methoxy groups -OCH3 is 1. The number of ether oxygens (including phenoxy) is 1. The second kappa shape index (κ2) is 4.55. The van der Waals surface area contributed by atoms with Crippen LogP contribution in [0.1, 0.15) is 0 Å². The zero-order valence-corrected chi connectivity index (χ0v) is 7.46. The molecule has 0 spiro atoms. The molecule has 0 bridgehead atoms. The van der Waals surface area contributed by atoms with Crippen LogP contribution >= 0.6 is 0 Å². The minimum absolute atomic E-state index is 0.287. The molecule has 0 aromatic heterocycles. The molecule has 76 valence electrons. The van der Waals surface area contributed by atoms with Gasteiger partial charge in [-0.1, -0.05) is 6.07 Å². The average Bonchev–Trinajstić information content (AvgIpc) is 2.18. The fourth-order valence-electron chi connectivity index (χ4n) is 0.898. The normalized spacial score (nSPS) is 10.0. The Labute approximate surface area is 79.7 Å². The molecular formula is C9H9F2NO2. The number of alkyl halides is 2. The van der Waals surface area contributed by atoms with E-state index in [-0.39, 0.29) is 5.69 Å². The number of halogens is 2. The summed E-state index contributed by atoms with van der Waals surface area (Å²) < 4.78 is 28.6. The van der Waals surface area contributed by atoms with Gasteiger partial charge in [-0.05, 0) is 12.1 Å². The van der Waals surface area contributed by atoms with Crippen LogP contribution in [0.4, 0.5) is 14.5 Å². The smallest absolute Gasteiger partial charge is 0.315 e. The average molecular weight is 201 g/mol. The molecule has 1 aromatic rings. The van der Waals surface area contributed by atoms with E-state index in [1.165, 1.54) is 19.2 Å². The van der Waals surface area contributed by atoms with Crippen LogP contribution in [0.3, 0.4) is 0 Å². The van der Waals surface area contributed by atoms with Gasteiger partial charge in [0.15, 0.2) is 0 Å². The molecule has 1 aromatic carbocycles. The Morgan fingerprint density at radius 2 is 2.21 bits per heavy atom. The summed E-state index contributed by atoms with van der Waals surface area (Å²) in [5.41, 5.74) is 0.287. The third kappa shape index (κ3) is 2.69. The molecule has 0 aliphatic carbocycles. The maximum absolute atomic E-state index is 11.9. The molecular weight excluding hydrogens is 192 g/mol. The lowest BCUT2D eigenvalue weighted by molar-refractivity contribution is -0.126. The standard InChI is InChI=1S/C9H9F2NO2/c1-14-7-4-2-3-6(5-7)12-9(13)8(10)11/h2-5,8H,1H3,(H,12,13). The van der Waals surface area contributed by atoms with E-state index in [1.807, 2.05) is 5.32 Å². The Kier molecular flexibility index (Phi) is 3.39. The summed E-state index contributed by atoms with van der Waals surface area (Å²) >= 11 is 0. The first-order valence-corrected chi connectivity index (χ1v) is 3.86. The molecule has 0 unspecified atom stereocenters. The predicted octanol–water partition coefficient (Wildman–Crippen LogP) is 1.90. The number of hydrogen-bond donors (Lipinski definition) is 1. The maximum atomic E-state index is 11.9. The van der Waals surface area contributed by atoms with E-state index < -0.39 is 12.3 Å². The maximum Gasteiger partial charge on any atom is 0.315 e. The van der Waals surface area contributed by atoms with Crippen LogP contribution in [0.2, 0.25) is 0 Å². The largest absolute Gasteiger partial charge is 0.497 e. The second-order valence-electron chi connectivity index (χ2n) is 2.52. The molecule has 0 saturated heterocycles. The Morgan fingerprint density at radius 3 is 2.79 bits per heavy atom. The van der Waals surface area contributed by atoms with Crippen molar-refractivity contribution in [1.82, 2.24) is 0 Å². The molecule has 0 aliphatic rings. The van der Waals surface area contributed by atoms with Crippen LogP contribution in [-0.2, 0) is 4.79 Å². The van der Waals surface area contributed by atoms with E-state index in [9.17, 15) is 13.6 Å². The van der Waals surface area contributed by atoms with Crippen molar-refractivity contribution in [3.63, 3.8) is 0 Å². The molecule has 1 amide bonds. The molecule has 0 fully saturated rings. The van der Waals surface area contributed by atoms with Crippen LogP contribution in [0.25, 0.3) is 0 Å². The monoisotopic (exact) mass is 201 g/mol. The fourth-order valence-corrected chi connectivity index (χ4v) is 0.898. The zero-order chi connectivity index (χ0) is 10.6. The molecule has 3 nitrogen and oxygen atoms in total. The van der Waals surface area contributed by atoms with Gasteiger partial charge >= 0.3 is 6.43 Å². The Balaban J connectivity index is 2.72. The van der Waals surface area contributed by atoms with Crippen LogP contribution in [0.5, 0.6) is 5.75 Å². The second-order valence-corrected chi connectivity index (χ2v) is 2.52. The third-order valence-corrected chi connectivity index (χ3v) is 1.54. The van der Waals surface area contributed by atoms with Gasteiger partial charge in [-0.3, -0.25) is 4.79 Å². The number of rotatable bonds is 3. The predicted molar refractivity (Wildman–Crippen MR) is 47.6 cm³/mol. The molecule has 0 radical (unpaired) electrons. The molecule has 1 rings (SSSR count). The molecule has 0 heterocycles. The SMILES string of the molecule is COc1cccc(NC(=O)C(F)F)c1. The number of benzene rings is 1. The lowest BCUT2D eigenvalue weighted by Crippen LogP contribution is -2.19. The summed E-state index contributed by atoms with van der Waals surface area (Å²) in [6.45, 7) is 0. The fraction of sp³-hybridized carbons (Fsp3) is 0.222. The van der Waals surface area contributed by atoms with Crippen molar-refractivity contribution in [3.8, 4) is 5.75 Å². The Hall–Kier alpha value is -1.65. The molecule has 5 heteroatoms. The van der Waals surface area contributed by atoms with Crippen molar-refractivity contribution in [2.75, 3.05) is 12.4 Å². The van der Waals surface area contributed by atoms with E-state index in [0.29, 0.717) is 5.75 Å². The number of carbonyl (C=O) groups excluding carboxylic acids is 1. The van der Waals surface area contributed by atoms with Gasteiger partial charge in [-0.25, -0.2) is 0 Å². The highest BCUT2D eigenvalue weighted by atomic mass is 19.3. The zero-order valence-electron chi connectivity index (χ0n) is 7.46. The van der Waals surface area contributed by atoms with Crippen molar-refractivity contribution in [2.24, 2.45) is 0 Å². The molecule has 0 saturated carbocycles. The summed E-state index contributed by atoms with van der Waals surface area (Å²) in [5, 5.41) is 2.05. The van der Waals surface area contributed by atoms with E-state index in [1.54, 1.807) is 12.1 Å². The van der Waals surface area contributed by atoms with Gasteiger partial charge in [0.25, 0.3) is 5.91 Å². The summed E-state index contributed by atoms with van der Waals surface area (Å²) in [4.78, 5) is 10.6. The van der Waals surface area contributed by atoms with Gasteiger partial charge in [0.2, 0.25) is 0 Å². The molecule has 0 aliphatic heterocycles. The molecule has 14 heavy (non-hydrogen) atoms. The van der Waals surface area contributed by atoms with Crippen molar-refractivity contribution >= 4 is 11.6 Å². The third-order valence-electron chi connectivity index (χ3n) is 1.54. The number of nitrogens with one attached hydrogen (secondary N) is 1. The summed E-state index contributed by atoms with van der Waals surface area (Å²) in [5.74, 6) is -0.824. The summed E-state index contributed by atoms with van der Waals surface area (Å²) in [6.07, 6.45) is -3.01. The van der Waals surface area contributed by atoms with Crippen LogP contribution in [0.15, 0.2) is 24.3 Å². The first-order chi connectivity index (χ1) is 6.63. The highest BCUT2D eigenvalue weighted by molar-refractivity contribution is 5.93. The highest BCUT2D eigenvalue weighted by Crippen LogP contribution is 2.16. The van der Waals surface area contributed by atoms with Crippen LogP contribution < -0.4 is 10.1 Å². The van der Waals surface area contributed by atoms with E-state index in [4.69, 9.17) is 4.74 Å². The number of amides is 1. The van der Waals surface area contributed by atoms with Crippen LogP contribution in [-0.4, -0.2) is 19.4 Å². The Bertz CT molecular complexity index is 328. The van der Waals surface area contributed by atoms with Crippen molar-refractivity contribution in [3.05, 3.63) is 24.3 Å². The number of anilines is 1. The number of hydrogen-bond acceptors (Lipinski definition) is 2. The van der Waals surface area contributed by atoms with Gasteiger partial charge in [0.05, 0.1) is 7.11 Å². The highest BCUT2D eigenvalue weighted by Gasteiger charge is 2.14. The summed E-state index contributed by atoms with van der Waals surface area (Å²) in [6, 6.07) is 6.21.